The molecule has 0 spiro atoms. The second kappa shape index (κ2) is 6.28. The summed E-state index contributed by atoms with van der Waals surface area (Å²) in [4.78, 5) is 11.2. The molecule has 2 rings (SSSR count). The molecule has 11 heteroatoms. The van der Waals surface area contributed by atoms with E-state index >= 15 is 0 Å². The van der Waals surface area contributed by atoms with Crippen LogP contribution in [0.25, 0.3) is 11.3 Å². The highest BCUT2D eigenvalue weighted by molar-refractivity contribution is 5.96. The summed E-state index contributed by atoms with van der Waals surface area (Å²) >= 11 is 0. The van der Waals surface area contributed by atoms with Crippen LogP contribution >= 0.6 is 0 Å². The van der Waals surface area contributed by atoms with Gasteiger partial charge in [0.2, 0.25) is 0 Å². The summed E-state index contributed by atoms with van der Waals surface area (Å²) in [5, 5.41) is 9.30. The fourth-order valence-electron chi connectivity index (χ4n) is 1.64. The van der Waals surface area contributed by atoms with Crippen molar-refractivity contribution in [3.63, 3.8) is 0 Å². The number of aromatic amines is 1. The van der Waals surface area contributed by atoms with Gasteiger partial charge in [-0.2, -0.15) is 33.0 Å². The summed E-state index contributed by atoms with van der Waals surface area (Å²) in [5.41, 5.74) is 4.88. The predicted molar refractivity (Wildman–Crippen MR) is 63.6 cm³/mol. The Kier molecular flexibility index (Phi) is 4.44. The molecular weight excluding hydrogens is 312 g/mol. The summed E-state index contributed by atoms with van der Waals surface area (Å²) in [6, 6.07) is 3.13. The molecule has 0 saturated carbocycles. The molecule has 3 N–H and O–H groups in total. The molecule has 1 aromatic carbocycles. The second-order valence-electron chi connectivity index (χ2n) is 3.80. The largest absolute Gasteiger partial charge is 0.431 e. The Hall–Kier alpha value is -2.85. The van der Waals surface area contributed by atoms with Gasteiger partial charge in [-0.3, -0.25) is 4.79 Å². The minimum atomic E-state index is -3.26. The van der Waals surface area contributed by atoms with Crippen molar-refractivity contribution in [1.29, 1.82) is 0 Å². The monoisotopic (exact) mass is 320 g/mol. The van der Waals surface area contributed by atoms with Crippen molar-refractivity contribution in [2.24, 2.45) is 5.73 Å². The van der Waals surface area contributed by atoms with Gasteiger partial charge in [0.05, 0.1) is 0 Å². The van der Waals surface area contributed by atoms with Crippen molar-refractivity contribution in [2.45, 2.75) is 13.2 Å². The molecular formula is C11H8F4N4O3. The normalized spacial score (nSPS) is 11.0. The zero-order chi connectivity index (χ0) is 16.3. The summed E-state index contributed by atoms with van der Waals surface area (Å²) in [5.74, 6) is -2.15. The molecule has 0 saturated heterocycles. The number of nitrogens with zero attached hydrogens (tertiary/aromatic N) is 2. The van der Waals surface area contributed by atoms with E-state index in [9.17, 15) is 22.4 Å². The molecule has 0 unspecified atom stereocenters. The van der Waals surface area contributed by atoms with E-state index in [1.54, 1.807) is 0 Å². The van der Waals surface area contributed by atoms with Crippen LogP contribution in [0.4, 0.5) is 17.6 Å². The van der Waals surface area contributed by atoms with Crippen molar-refractivity contribution in [2.75, 3.05) is 0 Å². The van der Waals surface area contributed by atoms with E-state index in [0.717, 1.165) is 12.1 Å². The number of carbonyl (C=O) groups is 1. The topological polar surface area (TPSA) is 103 Å². The fourth-order valence-corrected chi connectivity index (χ4v) is 1.64. The standard InChI is InChI=1S/C11H8F4N4O3/c12-10(13)21-5-2-1-4(3-6(5)22-11(14)15)7-8(9(16)20)18-19-17-7/h1-3,10-11H,(H2,16,20)(H,17,18,19). The molecule has 0 aliphatic heterocycles. The SMILES string of the molecule is NC(=O)c1n[nH]nc1-c1ccc(OC(F)F)c(OC(F)F)c1. The zero-order valence-electron chi connectivity index (χ0n) is 10.6. The Morgan fingerprint density at radius 1 is 1.09 bits per heavy atom. The van der Waals surface area contributed by atoms with Crippen LogP contribution in [-0.2, 0) is 0 Å². The van der Waals surface area contributed by atoms with Crippen LogP contribution in [0.1, 0.15) is 10.5 Å². The van der Waals surface area contributed by atoms with Crippen molar-refractivity contribution >= 4 is 5.91 Å². The van der Waals surface area contributed by atoms with E-state index in [4.69, 9.17) is 5.73 Å². The van der Waals surface area contributed by atoms with Crippen molar-refractivity contribution < 1.29 is 31.8 Å². The Labute approximate surface area is 120 Å². The second-order valence-corrected chi connectivity index (χ2v) is 3.80. The van der Waals surface area contributed by atoms with Crippen molar-refractivity contribution in [3.8, 4) is 22.8 Å². The van der Waals surface area contributed by atoms with E-state index in [1.165, 1.54) is 6.07 Å². The van der Waals surface area contributed by atoms with Gasteiger partial charge in [-0.15, -0.1) is 0 Å². The number of aromatic nitrogens is 3. The van der Waals surface area contributed by atoms with Crippen LogP contribution in [0.15, 0.2) is 18.2 Å². The maximum absolute atomic E-state index is 12.3. The third-order valence-corrected chi connectivity index (χ3v) is 2.43. The number of alkyl halides is 4. The Morgan fingerprint density at radius 2 is 1.73 bits per heavy atom. The molecule has 0 radical (unpaired) electrons. The molecule has 7 nitrogen and oxygen atoms in total. The van der Waals surface area contributed by atoms with Gasteiger partial charge in [0.1, 0.15) is 5.69 Å². The number of nitrogens with one attached hydrogen (secondary N) is 1. The number of hydrogen-bond donors (Lipinski definition) is 2. The number of carbonyl (C=O) groups excluding carboxylic acids is 1. The van der Waals surface area contributed by atoms with Crippen molar-refractivity contribution in [3.05, 3.63) is 23.9 Å². The minimum Gasteiger partial charge on any atom is -0.431 e. The number of rotatable bonds is 6. The summed E-state index contributed by atoms with van der Waals surface area (Å²) in [6.07, 6.45) is 0. The number of benzene rings is 1. The van der Waals surface area contributed by atoms with Gasteiger partial charge in [0.15, 0.2) is 17.2 Å². The Bertz CT molecular complexity index is 677. The average Bonchev–Trinajstić information content (AvgIpc) is 2.89. The molecule has 0 bridgehead atoms. The van der Waals surface area contributed by atoms with Crippen LogP contribution in [0.3, 0.4) is 0 Å². The van der Waals surface area contributed by atoms with Crippen LogP contribution in [-0.4, -0.2) is 34.5 Å². The quantitative estimate of drug-likeness (QED) is 0.790. The van der Waals surface area contributed by atoms with Gasteiger partial charge in [0.25, 0.3) is 5.91 Å². The maximum atomic E-state index is 12.3. The Balaban J connectivity index is 2.45. The van der Waals surface area contributed by atoms with Crippen LogP contribution < -0.4 is 15.2 Å². The minimum absolute atomic E-state index is 0.0461. The van der Waals surface area contributed by atoms with Crippen molar-refractivity contribution in [1.82, 2.24) is 15.4 Å². The van der Waals surface area contributed by atoms with Gasteiger partial charge in [0, 0.05) is 5.56 Å². The van der Waals surface area contributed by atoms with E-state index in [2.05, 4.69) is 24.9 Å². The molecule has 0 fully saturated rings. The number of amides is 1. The van der Waals surface area contributed by atoms with Gasteiger partial charge in [-0.1, -0.05) is 0 Å². The number of halogens is 4. The lowest BCUT2D eigenvalue weighted by Gasteiger charge is -2.12. The first-order chi connectivity index (χ1) is 10.4. The molecule has 0 aliphatic rings. The lowest BCUT2D eigenvalue weighted by Crippen LogP contribution is -2.13. The van der Waals surface area contributed by atoms with E-state index in [-0.39, 0.29) is 17.0 Å². The molecule has 0 aliphatic carbocycles. The maximum Gasteiger partial charge on any atom is 0.387 e. The zero-order valence-corrected chi connectivity index (χ0v) is 10.6. The first-order valence-electron chi connectivity index (χ1n) is 5.63. The van der Waals surface area contributed by atoms with Gasteiger partial charge >= 0.3 is 13.2 Å². The average molecular weight is 320 g/mol. The van der Waals surface area contributed by atoms with Gasteiger partial charge in [-0.05, 0) is 18.2 Å². The summed E-state index contributed by atoms with van der Waals surface area (Å²) in [7, 11) is 0. The van der Waals surface area contributed by atoms with Gasteiger partial charge < -0.3 is 15.2 Å². The number of hydrogen-bond acceptors (Lipinski definition) is 5. The van der Waals surface area contributed by atoms with Crippen LogP contribution in [0.2, 0.25) is 0 Å². The molecule has 0 atom stereocenters. The molecule has 1 heterocycles. The number of primary amides is 1. The van der Waals surface area contributed by atoms with Crippen LogP contribution in [0, 0.1) is 0 Å². The highest BCUT2D eigenvalue weighted by Gasteiger charge is 2.20. The van der Waals surface area contributed by atoms with E-state index in [0.29, 0.717) is 0 Å². The third kappa shape index (κ3) is 3.42. The molecule has 22 heavy (non-hydrogen) atoms. The molecule has 2 aromatic rings. The third-order valence-electron chi connectivity index (χ3n) is 2.43. The predicted octanol–water partition coefficient (Wildman–Crippen LogP) is 1.77. The Morgan fingerprint density at radius 3 is 2.32 bits per heavy atom. The van der Waals surface area contributed by atoms with E-state index in [1.807, 2.05) is 0 Å². The summed E-state index contributed by atoms with van der Waals surface area (Å²) in [6.45, 7) is -6.48. The highest BCUT2D eigenvalue weighted by Crippen LogP contribution is 2.34. The first-order valence-corrected chi connectivity index (χ1v) is 5.63. The number of nitrogens with two attached hydrogens (primary N) is 1. The number of H-pyrrole nitrogens is 1. The smallest absolute Gasteiger partial charge is 0.387 e. The van der Waals surface area contributed by atoms with E-state index < -0.39 is 30.6 Å². The highest BCUT2D eigenvalue weighted by atomic mass is 19.3. The lowest BCUT2D eigenvalue weighted by atomic mass is 10.1. The summed E-state index contributed by atoms with van der Waals surface area (Å²) < 4.78 is 57.3. The molecule has 118 valence electrons. The van der Waals surface area contributed by atoms with Crippen LogP contribution in [0.5, 0.6) is 11.5 Å². The molecule has 1 aromatic heterocycles. The number of ether oxygens (including phenoxy) is 2. The first kappa shape index (κ1) is 15.5. The fraction of sp³-hybridized carbons (Fsp3) is 0.182. The lowest BCUT2D eigenvalue weighted by molar-refractivity contribution is -0.0692. The molecule has 1 amide bonds. The van der Waals surface area contributed by atoms with Gasteiger partial charge in [-0.25, -0.2) is 0 Å².